The van der Waals surface area contributed by atoms with Crippen LogP contribution in [0.1, 0.15) is 58.1 Å². The van der Waals surface area contributed by atoms with Gasteiger partial charge in [0.25, 0.3) is 0 Å². The fourth-order valence-electron chi connectivity index (χ4n) is 2.36. The Morgan fingerprint density at radius 1 is 1.12 bits per heavy atom. The first-order valence-electron chi connectivity index (χ1n) is 8.45. The Kier molecular flexibility index (Phi) is 7.75. The average molecular weight is 335 g/mol. The van der Waals surface area contributed by atoms with Crippen LogP contribution in [-0.2, 0) is 22.4 Å². The maximum absolute atomic E-state index is 11.7. The summed E-state index contributed by atoms with van der Waals surface area (Å²) in [7, 11) is 0. The van der Waals surface area contributed by atoms with Gasteiger partial charge >= 0.3 is 12.1 Å². The molecule has 1 aromatic rings. The number of hydrogen-bond donors (Lipinski definition) is 2. The lowest BCUT2D eigenvalue weighted by atomic mass is 10.0. The molecule has 0 aromatic heterocycles. The van der Waals surface area contributed by atoms with Crippen LogP contribution < -0.4 is 5.32 Å². The minimum Gasteiger partial charge on any atom is -0.481 e. The molecule has 0 aliphatic carbocycles. The predicted molar refractivity (Wildman–Crippen MR) is 94.2 cm³/mol. The summed E-state index contributed by atoms with van der Waals surface area (Å²) in [6.07, 6.45) is 3.03. The van der Waals surface area contributed by atoms with Crippen LogP contribution in [-0.4, -0.2) is 28.8 Å². The number of ether oxygens (including phenoxy) is 1. The Hall–Kier alpha value is -2.04. The fraction of sp³-hybridized carbons (Fsp3) is 0.579. The van der Waals surface area contributed by atoms with Gasteiger partial charge in [-0.3, -0.25) is 4.79 Å². The van der Waals surface area contributed by atoms with Gasteiger partial charge in [0.2, 0.25) is 0 Å². The van der Waals surface area contributed by atoms with Crippen LogP contribution in [0.2, 0.25) is 0 Å². The van der Waals surface area contributed by atoms with Crippen molar-refractivity contribution < 1.29 is 19.4 Å². The zero-order valence-corrected chi connectivity index (χ0v) is 15.1. The van der Waals surface area contributed by atoms with Crippen molar-refractivity contribution >= 4 is 12.1 Å². The first-order chi connectivity index (χ1) is 11.2. The largest absolute Gasteiger partial charge is 0.481 e. The Morgan fingerprint density at radius 2 is 1.71 bits per heavy atom. The summed E-state index contributed by atoms with van der Waals surface area (Å²) in [4.78, 5) is 22.2. The van der Waals surface area contributed by atoms with Crippen LogP contribution in [0, 0.1) is 0 Å². The summed E-state index contributed by atoms with van der Waals surface area (Å²) in [5, 5.41) is 11.5. The van der Waals surface area contributed by atoms with Gasteiger partial charge in [0.15, 0.2) is 0 Å². The highest BCUT2D eigenvalue weighted by atomic mass is 16.6. The molecule has 0 spiro atoms. The standard InChI is InChI=1S/C19H29NO4/c1-14(20-18(23)24-19(2,3)4)13-16-11-9-15(10-12-16)7-5-6-8-17(21)22/h9-12,14H,5-8,13H2,1-4H3,(H,20,23)(H,21,22)/t14-/m1/s1. The van der Waals surface area contributed by atoms with E-state index in [-0.39, 0.29) is 12.5 Å². The monoisotopic (exact) mass is 335 g/mol. The highest BCUT2D eigenvalue weighted by molar-refractivity contribution is 5.68. The number of amides is 1. The molecule has 1 aromatic carbocycles. The number of carboxylic acid groups (broad SMARTS) is 1. The number of rotatable bonds is 8. The minimum absolute atomic E-state index is 0.0127. The molecule has 24 heavy (non-hydrogen) atoms. The van der Waals surface area contributed by atoms with Crippen molar-refractivity contribution in [2.45, 2.75) is 71.4 Å². The second kappa shape index (κ2) is 9.30. The Balaban J connectivity index is 2.37. The van der Waals surface area contributed by atoms with Gasteiger partial charge in [0, 0.05) is 12.5 Å². The van der Waals surface area contributed by atoms with E-state index in [0.29, 0.717) is 6.42 Å². The van der Waals surface area contributed by atoms with Crippen LogP contribution in [0.4, 0.5) is 4.79 Å². The third-order valence-corrected chi connectivity index (χ3v) is 3.43. The van der Waals surface area contributed by atoms with E-state index in [1.165, 1.54) is 5.56 Å². The maximum Gasteiger partial charge on any atom is 0.407 e. The lowest BCUT2D eigenvalue weighted by Gasteiger charge is -2.22. The Bertz CT molecular complexity index is 531. The third kappa shape index (κ3) is 9.18. The van der Waals surface area contributed by atoms with Crippen LogP contribution >= 0.6 is 0 Å². The molecule has 134 valence electrons. The van der Waals surface area contributed by atoms with Crippen molar-refractivity contribution in [2.24, 2.45) is 0 Å². The first-order valence-corrected chi connectivity index (χ1v) is 8.45. The van der Waals surface area contributed by atoms with Crippen LogP contribution in [0.15, 0.2) is 24.3 Å². The van der Waals surface area contributed by atoms with Crippen molar-refractivity contribution in [3.63, 3.8) is 0 Å². The van der Waals surface area contributed by atoms with Crippen molar-refractivity contribution in [3.05, 3.63) is 35.4 Å². The van der Waals surface area contributed by atoms with Crippen molar-refractivity contribution in [1.82, 2.24) is 5.32 Å². The molecular formula is C19H29NO4. The summed E-state index contributed by atoms with van der Waals surface area (Å²) in [5.74, 6) is -0.739. The van der Waals surface area contributed by atoms with E-state index in [9.17, 15) is 9.59 Å². The van der Waals surface area contributed by atoms with E-state index < -0.39 is 17.7 Å². The average Bonchev–Trinajstić information content (AvgIpc) is 2.42. The van der Waals surface area contributed by atoms with Crippen molar-refractivity contribution in [2.75, 3.05) is 0 Å². The number of alkyl carbamates (subject to hydrolysis) is 1. The molecule has 0 aliphatic heterocycles. The molecule has 0 bridgehead atoms. The zero-order chi connectivity index (χ0) is 18.2. The molecule has 5 heteroatoms. The van der Waals surface area contributed by atoms with E-state index in [2.05, 4.69) is 29.6 Å². The number of carboxylic acids is 1. The van der Waals surface area contributed by atoms with E-state index in [1.807, 2.05) is 27.7 Å². The first kappa shape index (κ1) is 20.0. The number of benzene rings is 1. The topological polar surface area (TPSA) is 75.6 Å². The Labute approximate surface area is 144 Å². The summed E-state index contributed by atoms with van der Waals surface area (Å²) in [6, 6.07) is 8.23. The SMILES string of the molecule is C[C@H](Cc1ccc(CCCCC(=O)O)cc1)NC(=O)OC(C)(C)C. The fourth-order valence-corrected chi connectivity index (χ4v) is 2.36. The summed E-state index contributed by atoms with van der Waals surface area (Å²) < 4.78 is 5.25. The number of unbranched alkanes of at least 4 members (excludes halogenated alkanes) is 1. The molecular weight excluding hydrogens is 306 g/mol. The van der Waals surface area contributed by atoms with Gasteiger partial charge in [-0.05, 0) is 64.5 Å². The molecule has 1 atom stereocenters. The molecule has 1 amide bonds. The van der Waals surface area contributed by atoms with Crippen LogP contribution in [0.5, 0.6) is 0 Å². The number of hydrogen-bond acceptors (Lipinski definition) is 3. The molecule has 0 saturated heterocycles. The van der Waals surface area contributed by atoms with Crippen molar-refractivity contribution in [1.29, 1.82) is 0 Å². The molecule has 1 rings (SSSR count). The molecule has 0 heterocycles. The second-order valence-electron chi connectivity index (χ2n) is 7.17. The van der Waals surface area contributed by atoms with Crippen LogP contribution in [0.3, 0.4) is 0 Å². The zero-order valence-electron chi connectivity index (χ0n) is 15.1. The van der Waals surface area contributed by atoms with Crippen LogP contribution in [0.25, 0.3) is 0 Å². The molecule has 0 radical (unpaired) electrons. The van der Waals surface area contributed by atoms with Gasteiger partial charge in [-0.15, -0.1) is 0 Å². The van der Waals surface area contributed by atoms with Gasteiger partial charge in [0.1, 0.15) is 5.60 Å². The smallest absolute Gasteiger partial charge is 0.407 e. The highest BCUT2D eigenvalue weighted by Crippen LogP contribution is 2.11. The lowest BCUT2D eigenvalue weighted by Crippen LogP contribution is -2.38. The number of aryl methyl sites for hydroxylation is 1. The lowest BCUT2D eigenvalue weighted by molar-refractivity contribution is -0.137. The molecule has 0 aliphatic rings. The summed E-state index contributed by atoms with van der Waals surface area (Å²) in [5.41, 5.74) is 1.86. The molecule has 0 fully saturated rings. The van der Waals surface area contributed by atoms with Crippen molar-refractivity contribution in [3.8, 4) is 0 Å². The maximum atomic E-state index is 11.7. The number of aliphatic carboxylic acids is 1. The van der Waals surface area contributed by atoms with Gasteiger partial charge < -0.3 is 15.2 Å². The summed E-state index contributed by atoms with van der Waals surface area (Å²) >= 11 is 0. The highest BCUT2D eigenvalue weighted by Gasteiger charge is 2.17. The number of carbonyl (C=O) groups excluding carboxylic acids is 1. The van der Waals surface area contributed by atoms with E-state index in [4.69, 9.17) is 9.84 Å². The number of carbonyl (C=O) groups is 2. The Morgan fingerprint density at radius 3 is 2.25 bits per heavy atom. The second-order valence-corrected chi connectivity index (χ2v) is 7.17. The normalized spacial score (nSPS) is 12.5. The van der Waals surface area contributed by atoms with Gasteiger partial charge in [-0.25, -0.2) is 4.79 Å². The van der Waals surface area contributed by atoms with E-state index in [1.54, 1.807) is 0 Å². The summed E-state index contributed by atoms with van der Waals surface area (Å²) in [6.45, 7) is 7.47. The van der Waals surface area contributed by atoms with Gasteiger partial charge in [-0.1, -0.05) is 24.3 Å². The minimum atomic E-state index is -0.739. The van der Waals surface area contributed by atoms with Gasteiger partial charge in [-0.2, -0.15) is 0 Å². The molecule has 2 N–H and O–H groups in total. The van der Waals surface area contributed by atoms with E-state index in [0.717, 1.165) is 24.8 Å². The van der Waals surface area contributed by atoms with Gasteiger partial charge in [0.05, 0.1) is 0 Å². The molecule has 0 unspecified atom stereocenters. The predicted octanol–water partition coefficient (Wildman–Crippen LogP) is 3.94. The quantitative estimate of drug-likeness (QED) is 0.706. The molecule has 0 saturated carbocycles. The van der Waals surface area contributed by atoms with E-state index >= 15 is 0 Å². The third-order valence-electron chi connectivity index (χ3n) is 3.43. The number of nitrogens with one attached hydrogen (secondary N) is 1. The molecule has 5 nitrogen and oxygen atoms in total.